The Hall–Kier alpha value is -0.440. The second-order valence-electron chi connectivity index (χ2n) is 6.72. The smallest absolute Gasteiger partial charge is 0.0945 e. The first-order chi connectivity index (χ1) is 10.3. The van der Waals surface area contributed by atoms with Crippen molar-refractivity contribution >= 4 is 11.8 Å². The van der Waals surface area contributed by atoms with Gasteiger partial charge in [-0.2, -0.15) is 11.8 Å². The van der Waals surface area contributed by atoms with Crippen LogP contribution in [0.4, 0.5) is 0 Å². The van der Waals surface area contributed by atoms with Crippen molar-refractivity contribution in [3.8, 4) is 0 Å². The SMILES string of the molecule is CCCCC(CCCn1ccnc1)SC1CCC(C)CC1. The van der Waals surface area contributed by atoms with Gasteiger partial charge < -0.3 is 4.57 Å². The molecule has 1 atom stereocenters. The van der Waals surface area contributed by atoms with E-state index in [1.165, 1.54) is 57.8 Å². The van der Waals surface area contributed by atoms with Gasteiger partial charge in [-0.3, -0.25) is 0 Å². The summed E-state index contributed by atoms with van der Waals surface area (Å²) in [5.74, 6) is 0.970. The van der Waals surface area contributed by atoms with Crippen LogP contribution in [0.5, 0.6) is 0 Å². The molecule has 0 aliphatic heterocycles. The van der Waals surface area contributed by atoms with E-state index in [1.807, 2.05) is 12.5 Å². The molecule has 0 amide bonds. The third kappa shape index (κ3) is 6.46. The number of rotatable bonds is 9. The van der Waals surface area contributed by atoms with E-state index < -0.39 is 0 Å². The van der Waals surface area contributed by atoms with Gasteiger partial charge in [0, 0.05) is 29.4 Å². The predicted molar refractivity (Wildman–Crippen MR) is 93.8 cm³/mol. The maximum Gasteiger partial charge on any atom is 0.0945 e. The van der Waals surface area contributed by atoms with Gasteiger partial charge in [0.05, 0.1) is 6.33 Å². The summed E-state index contributed by atoms with van der Waals surface area (Å²) in [6.45, 7) is 5.86. The Morgan fingerprint density at radius 1 is 1.19 bits per heavy atom. The maximum atomic E-state index is 4.13. The summed E-state index contributed by atoms with van der Waals surface area (Å²) < 4.78 is 2.21. The van der Waals surface area contributed by atoms with Gasteiger partial charge >= 0.3 is 0 Å². The molecular weight excluding hydrogens is 276 g/mol. The summed E-state index contributed by atoms with van der Waals surface area (Å²) in [5, 5.41) is 1.82. The molecule has 0 bridgehead atoms. The zero-order valence-corrected chi connectivity index (χ0v) is 14.7. The zero-order chi connectivity index (χ0) is 14.9. The van der Waals surface area contributed by atoms with Gasteiger partial charge in [-0.05, 0) is 50.9 Å². The molecular formula is C18H32N2S. The number of aryl methyl sites for hydroxylation is 1. The topological polar surface area (TPSA) is 17.8 Å². The summed E-state index contributed by atoms with van der Waals surface area (Å²) in [6, 6.07) is 0. The molecule has 0 saturated heterocycles. The van der Waals surface area contributed by atoms with Crippen LogP contribution in [0.1, 0.15) is 71.6 Å². The highest BCUT2D eigenvalue weighted by Crippen LogP contribution is 2.36. The second-order valence-corrected chi connectivity index (χ2v) is 8.33. The van der Waals surface area contributed by atoms with Gasteiger partial charge in [-0.1, -0.05) is 26.7 Å². The molecule has 1 aliphatic carbocycles. The minimum Gasteiger partial charge on any atom is -0.337 e. The predicted octanol–water partition coefficient (Wildman–Crippen LogP) is 5.53. The molecule has 0 aromatic carbocycles. The highest BCUT2D eigenvalue weighted by molar-refractivity contribution is 8.00. The monoisotopic (exact) mass is 308 g/mol. The number of thioether (sulfide) groups is 1. The summed E-state index contributed by atoms with van der Waals surface area (Å²) in [5.41, 5.74) is 0. The number of hydrogen-bond acceptors (Lipinski definition) is 2. The van der Waals surface area contributed by atoms with Crippen LogP contribution in [0.2, 0.25) is 0 Å². The average molecular weight is 309 g/mol. The first-order valence-electron chi connectivity index (χ1n) is 8.89. The normalized spacial score (nSPS) is 24.1. The van der Waals surface area contributed by atoms with E-state index in [4.69, 9.17) is 0 Å². The lowest BCUT2D eigenvalue weighted by Crippen LogP contribution is -2.18. The fraction of sp³-hybridized carbons (Fsp3) is 0.833. The minimum absolute atomic E-state index is 0.881. The van der Waals surface area contributed by atoms with Crippen molar-refractivity contribution in [2.75, 3.05) is 0 Å². The Kier molecular flexibility index (Phi) is 7.70. The highest BCUT2D eigenvalue weighted by Gasteiger charge is 2.22. The molecule has 1 heterocycles. The van der Waals surface area contributed by atoms with Crippen molar-refractivity contribution in [2.45, 2.75) is 88.7 Å². The molecule has 1 aromatic heterocycles. The van der Waals surface area contributed by atoms with Crippen molar-refractivity contribution < 1.29 is 0 Å². The molecule has 21 heavy (non-hydrogen) atoms. The van der Waals surface area contributed by atoms with Crippen LogP contribution in [0, 0.1) is 5.92 Å². The molecule has 2 rings (SSSR count). The van der Waals surface area contributed by atoms with Crippen molar-refractivity contribution in [3.05, 3.63) is 18.7 Å². The minimum atomic E-state index is 0.881. The lowest BCUT2D eigenvalue weighted by Gasteiger charge is -2.29. The number of aromatic nitrogens is 2. The van der Waals surface area contributed by atoms with Crippen LogP contribution >= 0.6 is 11.8 Å². The van der Waals surface area contributed by atoms with Crippen LogP contribution < -0.4 is 0 Å². The van der Waals surface area contributed by atoms with Gasteiger partial charge in [-0.25, -0.2) is 4.98 Å². The zero-order valence-electron chi connectivity index (χ0n) is 13.8. The van der Waals surface area contributed by atoms with E-state index in [9.17, 15) is 0 Å². The van der Waals surface area contributed by atoms with E-state index in [0.29, 0.717) is 0 Å². The average Bonchev–Trinajstić information content (AvgIpc) is 3.00. The molecule has 0 spiro atoms. The van der Waals surface area contributed by atoms with Crippen molar-refractivity contribution in [1.82, 2.24) is 9.55 Å². The largest absolute Gasteiger partial charge is 0.337 e. The van der Waals surface area contributed by atoms with Gasteiger partial charge in [0.25, 0.3) is 0 Å². The standard InChI is InChI=1S/C18H32N2S/c1-3-4-6-17(7-5-13-20-14-12-19-15-20)21-18-10-8-16(2)9-11-18/h12,14-18H,3-11,13H2,1-2H3. The summed E-state index contributed by atoms with van der Waals surface area (Å²) in [6.07, 6.45) is 18.5. The molecule has 1 fully saturated rings. The quantitative estimate of drug-likeness (QED) is 0.596. The van der Waals surface area contributed by atoms with E-state index in [0.717, 1.165) is 23.0 Å². The molecule has 1 unspecified atom stereocenters. The fourth-order valence-electron chi connectivity index (χ4n) is 3.27. The Labute approximate surface area is 135 Å². The highest BCUT2D eigenvalue weighted by atomic mass is 32.2. The number of nitrogens with zero attached hydrogens (tertiary/aromatic N) is 2. The van der Waals surface area contributed by atoms with Crippen molar-refractivity contribution in [2.24, 2.45) is 5.92 Å². The van der Waals surface area contributed by atoms with Gasteiger partial charge in [0.2, 0.25) is 0 Å². The van der Waals surface area contributed by atoms with Crippen LogP contribution in [0.3, 0.4) is 0 Å². The Morgan fingerprint density at radius 2 is 1.95 bits per heavy atom. The Balaban J connectivity index is 1.71. The van der Waals surface area contributed by atoms with Gasteiger partial charge in [-0.15, -0.1) is 0 Å². The fourth-order valence-corrected chi connectivity index (χ4v) is 4.96. The number of hydrogen-bond donors (Lipinski definition) is 0. The lowest BCUT2D eigenvalue weighted by atomic mass is 9.91. The molecule has 0 radical (unpaired) electrons. The Bertz CT molecular complexity index is 355. The molecule has 0 N–H and O–H groups in total. The maximum absolute atomic E-state index is 4.13. The Morgan fingerprint density at radius 3 is 2.62 bits per heavy atom. The van der Waals surface area contributed by atoms with Crippen molar-refractivity contribution in [1.29, 1.82) is 0 Å². The molecule has 1 aromatic rings. The van der Waals surface area contributed by atoms with Crippen LogP contribution in [-0.2, 0) is 6.54 Å². The second kappa shape index (κ2) is 9.55. The third-order valence-corrected chi connectivity index (χ3v) is 6.44. The van der Waals surface area contributed by atoms with Gasteiger partial charge in [0.15, 0.2) is 0 Å². The van der Waals surface area contributed by atoms with Crippen LogP contribution in [-0.4, -0.2) is 20.1 Å². The third-order valence-electron chi connectivity index (χ3n) is 4.73. The molecule has 1 aliphatic rings. The first-order valence-corrected chi connectivity index (χ1v) is 9.83. The van der Waals surface area contributed by atoms with E-state index >= 15 is 0 Å². The lowest BCUT2D eigenvalue weighted by molar-refractivity contribution is 0.392. The van der Waals surface area contributed by atoms with Crippen LogP contribution in [0.15, 0.2) is 18.7 Å². The number of imidazole rings is 1. The molecule has 3 heteroatoms. The molecule has 1 saturated carbocycles. The first kappa shape index (κ1) is 16.9. The summed E-state index contributed by atoms with van der Waals surface area (Å²) >= 11 is 2.32. The van der Waals surface area contributed by atoms with Gasteiger partial charge in [0.1, 0.15) is 0 Å². The molecule has 120 valence electrons. The van der Waals surface area contributed by atoms with E-state index in [1.54, 1.807) is 0 Å². The number of unbranched alkanes of at least 4 members (excludes halogenated alkanes) is 1. The summed E-state index contributed by atoms with van der Waals surface area (Å²) in [7, 11) is 0. The molecule has 2 nitrogen and oxygen atoms in total. The van der Waals surface area contributed by atoms with Crippen molar-refractivity contribution in [3.63, 3.8) is 0 Å². The summed E-state index contributed by atoms with van der Waals surface area (Å²) in [4.78, 5) is 4.13. The van der Waals surface area contributed by atoms with E-state index in [-0.39, 0.29) is 0 Å². The van der Waals surface area contributed by atoms with Crippen LogP contribution in [0.25, 0.3) is 0 Å². The van der Waals surface area contributed by atoms with E-state index in [2.05, 4.69) is 41.4 Å².